The molecule has 2 aromatic rings. The van der Waals surface area contributed by atoms with Gasteiger partial charge in [-0.05, 0) is 36.9 Å². The Morgan fingerprint density at radius 1 is 1.16 bits per heavy atom. The maximum atomic E-state index is 13.3. The van der Waals surface area contributed by atoms with E-state index in [4.69, 9.17) is 16.3 Å². The van der Waals surface area contributed by atoms with Gasteiger partial charge in [-0.2, -0.15) is 0 Å². The van der Waals surface area contributed by atoms with Gasteiger partial charge in [-0.1, -0.05) is 30.7 Å². The minimum atomic E-state index is -0.278. The molecule has 0 aromatic heterocycles. The van der Waals surface area contributed by atoms with Crippen LogP contribution in [-0.4, -0.2) is 6.54 Å². The summed E-state index contributed by atoms with van der Waals surface area (Å²) in [6, 6.07) is 11.7. The normalized spacial score (nSPS) is 10.5. The highest BCUT2D eigenvalue weighted by Crippen LogP contribution is 2.31. The molecule has 0 saturated heterocycles. The molecule has 0 bridgehead atoms. The van der Waals surface area contributed by atoms with Crippen LogP contribution in [0.5, 0.6) is 11.5 Å². The molecule has 0 spiro atoms. The average Bonchev–Trinajstić information content (AvgIpc) is 2.41. The Kier molecular flexibility index (Phi) is 4.77. The van der Waals surface area contributed by atoms with E-state index < -0.39 is 0 Å². The Morgan fingerprint density at radius 3 is 2.68 bits per heavy atom. The molecule has 0 atom stereocenters. The lowest BCUT2D eigenvalue weighted by atomic mass is 10.2. The van der Waals surface area contributed by atoms with Gasteiger partial charge in [-0.15, -0.1) is 0 Å². The van der Waals surface area contributed by atoms with E-state index in [9.17, 15) is 4.39 Å². The molecule has 0 radical (unpaired) electrons. The van der Waals surface area contributed by atoms with Gasteiger partial charge in [-0.25, -0.2) is 4.39 Å². The molecular weight excluding hydrogens is 265 g/mol. The van der Waals surface area contributed by atoms with Crippen LogP contribution in [0.2, 0.25) is 5.02 Å². The quantitative estimate of drug-likeness (QED) is 0.877. The van der Waals surface area contributed by atoms with E-state index in [1.165, 1.54) is 12.1 Å². The molecule has 4 heteroatoms. The molecule has 1 N–H and O–H groups in total. The molecule has 0 aliphatic carbocycles. The fourth-order valence-electron chi connectivity index (χ4n) is 1.69. The first-order valence-corrected chi connectivity index (χ1v) is 6.50. The smallest absolute Gasteiger partial charge is 0.146 e. The lowest BCUT2D eigenvalue weighted by molar-refractivity contribution is 0.471. The Hall–Kier alpha value is -1.58. The number of para-hydroxylation sites is 1. The van der Waals surface area contributed by atoms with E-state index in [0.29, 0.717) is 23.1 Å². The predicted octanol–water partition coefficient (Wildman–Crippen LogP) is 4.38. The number of ether oxygens (including phenoxy) is 1. The van der Waals surface area contributed by atoms with E-state index in [-0.39, 0.29) is 5.82 Å². The van der Waals surface area contributed by atoms with Crippen molar-refractivity contribution >= 4 is 11.6 Å². The zero-order valence-corrected chi connectivity index (χ0v) is 11.4. The van der Waals surface area contributed by atoms with Crippen LogP contribution < -0.4 is 10.1 Å². The number of hydrogen-bond acceptors (Lipinski definition) is 2. The molecule has 0 unspecified atom stereocenters. The molecule has 0 aliphatic rings. The molecule has 0 amide bonds. The Labute approximate surface area is 117 Å². The van der Waals surface area contributed by atoms with Crippen molar-refractivity contribution < 1.29 is 9.13 Å². The molecule has 2 aromatic carbocycles. The summed E-state index contributed by atoms with van der Waals surface area (Å²) in [7, 11) is 0. The van der Waals surface area contributed by atoms with Crippen molar-refractivity contribution in [2.24, 2.45) is 0 Å². The Bertz CT molecular complexity index is 560. The van der Waals surface area contributed by atoms with Gasteiger partial charge in [0.15, 0.2) is 0 Å². The highest BCUT2D eigenvalue weighted by Gasteiger charge is 2.08. The summed E-state index contributed by atoms with van der Waals surface area (Å²) in [5.74, 6) is 0.892. The zero-order chi connectivity index (χ0) is 13.7. The summed E-state index contributed by atoms with van der Waals surface area (Å²) in [4.78, 5) is 0. The molecule has 2 rings (SSSR count). The average molecular weight is 280 g/mol. The third-order valence-electron chi connectivity index (χ3n) is 2.64. The van der Waals surface area contributed by atoms with Gasteiger partial charge in [0, 0.05) is 12.1 Å². The summed E-state index contributed by atoms with van der Waals surface area (Å²) < 4.78 is 19.0. The first kappa shape index (κ1) is 13.8. The fraction of sp³-hybridized carbons (Fsp3) is 0.200. The first-order valence-electron chi connectivity index (χ1n) is 6.12. The standard InChI is InChI=1S/C15H15ClFNO/c1-2-18-10-11-9-12(17)7-8-14(11)19-15-6-4-3-5-13(15)16/h3-9,18H,2,10H2,1H3. The van der Waals surface area contributed by atoms with Crippen molar-refractivity contribution in [3.05, 3.63) is 58.9 Å². The Morgan fingerprint density at radius 2 is 1.95 bits per heavy atom. The molecular formula is C15H15ClFNO. The molecule has 19 heavy (non-hydrogen) atoms. The maximum absolute atomic E-state index is 13.3. The van der Waals surface area contributed by atoms with E-state index in [0.717, 1.165) is 12.1 Å². The summed E-state index contributed by atoms with van der Waals surface area (Å²) in [5, 5.41) is 3.68. The van der Waals surface area contributed by atoms with Crippen molar-refractivity contribution in [1.29, 1.82) is 0 Å². The Balaban J connectivity index is 2.26. The number of rotatable bonds is 5. The van der Waals surface area contributed by atoms with Crippen LogP contribution >= 0.6 is 11.6 Å². The minimum Gasteiger partial charge on any atom is -0.455 e. The van der Waals surface area contributed by atoms with Crippen molar-refractivity contribution in [2.45, 2.75) is 13.5 Å². The van der Waals surface area contributed by atoms with Crippen LogP contribution in [-0.2, 0) is 6.54 Å². The van der Waals surface area contributed by atoms with Crippen molar-refractivity contribution in [3.8, 4) is 11.5 Å². The summed E-state index contributed by atoms with van der Waals surface area (Å²) in [5.41, 5.74) is 0.766. The third-order valence-corrected chi connectivity index (χ3v) is 2.96. The van der Waals surface area contributed by atoms with Crippen LogP contribution in [0.15, 0.2) is 42.5 Å². The van der Waals surface area contributed by atoms with Crippen LogP contribution in [0, 0.1) is 5.82 Å². The summed E-state index contributed by atoms with van der Waals surface area (Å²) in [6.07, 6.45) is 0. The second kappa shape index (κ2) is 6.55. The van der Waals surface area contributed by atoms with Gasteiger partial charge < -0.3 is 10.1 Å². The van der Waals surface area contributed by atoms with E-state index >= 15 is 0 Å². The van der Waals surface area contributed by atoms with Gasteiger partial charge in [0.1, 0.15) is 17.3 Å². The van der Waals surface area contributed by atoms with Gasteiger partial charge in [0.25, 0.3) is 0 Å². The van der Waals surface area contributed by atoms with Crippen LogP contribution in [0.25, 0.3) is 0 Å². The van der Waals surface area contributed by atoms with Gasteiger partial charge >= 0.3 is 0 Å². The van der Waals surface area contributed by atoms with Crippen LogP contribution in [0.1, 0.15) is 12.5 Å². The molecule has 0 saturated carbocycles. The monoisotopic (exact) mass is 279 g/mol. The van der Waals surface area contributed by atoms with E-state index in [2.05, 4.69) is 5.32 Å². The number of benzene rings is 2. The van der Waals surface area contributed by atoms with Crippen LogP contribution in [0.3, 0.4) is 0 Å². The predicted molar refractivity (Wildman–Crippen MR) is 75.3 cm³/mol. The maximum Gasteiger partial charge on any atom is 0.146 e. The molecule has 0 fully saturated rings. The largest absolute Gasteiger partial charge is 0.455 e. The fourth-order valence-corrected chi connectivity index (χ4v) is 1.87. The lowest BCUT2D eigenvalue weighted by Crippen LogP contribution is -2.12. The molecule has 2 nitrogen and oxygen atoms in total. The van der Waals surface area contributed by atoms with Crippen molar-refractivity contribution in [1.82, 2.24) is 5.32 Å². The van der Waals surface area contributed by atoms with E-state index in [1.807, 2.05) is 19.1 Å². The van der Waals surface area contributed by atoms with Gasteiger partial charge in [0.2, 0.25) is 0 Å². The number of nitrogens with one attached hydrogen (secondary N) is 1. The van der Waals surface area contributed by atoms with Gasteiger partial charge in [-0.3, -0.25) is 0 Å². The van der Waals surface area contributed by atoms with Crippen LogP contribution in [0.4, 0.5) is 4.39 Å². The second-order valence-corrected chi connectivity index (χ2v) is 4.47. The SMILES string of the molecule is CCNCc1cc(F)ccc1Oc1ccccc1Cl. The second-order valence-electron chi connectivity index (χ2n) is 4.06. The summed E-state index contributed by atoms with van der Waals surface area (Å²) >= 11 is 6.05. The van der Waals surface area contributed by atoms with E-state index in [1.54, 1.807) is 18.2 Å². The lowest BCUT2D eigenvalue weighted by Gasteiger charge is -2.12. The topological polar surface area (TPSA) is 21.3 Å². The minimum absolute atomic E-state index is 0.278. The molecule has 100 valence electrons. The molecule has 0 heterocycles. The highest BCUT2D eigenvalue weighted by atomic mass is 35.5. The van der Waals surface area contributed by atoms with Gasteiger partial charge in [0.05, 0.1) is 5.02 Å². The highest BCUT2D eigenvalue weighted by molar-refractivity contribution is 6.32. The molecule has 0 aliphatic heterocycles. The zero-order valence-electron chi connectivity index (χ0n) is 10.6. The number of halogens is 2. The third kappa shape index (κ3) is 3.69. The number of hydrogen-bond donors (Lipinski definition) is 1. The van der Waals surface area contributed by atoms with Crippen molar-refractivity contribution in [3.63, 3.8) is 0 Å². The first-order chi connectivity index (χ1) is 9.20. The summed E-state index contributed by atoms with van der Waals surface area (Å²) in [6.45, 7) is 3.35. The van der Waals surface area contributed by atoms with Crippen molar-refractivity contribution in [2.75, 3.05) is 6.54 Å².